The number of rotatable bonds is 5. The third kappa shape index (κ3) is 4.06. The number of nitrogens with zero attached hydrogens (tertiary/aromatic N) is 1. The quantitative estimate of drug-likeness (QED) is 0.487. The number of nitrogens with one attached hydrogen (secondary N) is 1. The summed E-state index contributed by atoms with van der Waals surface area (Å²) in [7, 11) is 0. The van der Waals surface area contributed by atoms with Crippen molar-refractivity contribution in [1.29, 1.82) is 0 Å². The zero-order valence-electron chi connectivity index (χ0n) is 9.71. The fourth-order valence-corrected chi connectivity index (χ4v) is 2.18. The van der Waals surface area contributed by atoms with Crippen molar-refractivity contribution in [2.24, 2.45) is 0 Å². The first-order chi connectivity index (χ1) is 8.86. The lowest BCUT2D eigenvalue weighted by molar-refractivity contribution is -0.119. The summed E-state index contributed by atoms with van der Waals surface area (Å²) in [5.74, 6) is -7.32. The molecule has 1 heterocycles. The van der Waals surface area contributed by atoms with Crippen LogP contribution in [0.15, 0.2) is 4.90 Å². The fourth-order valence-electron chi connectivity index (χ4n) is 1.21. The Hall–Kier alpha value is -1.35. The van der Waals surface area contributed by atoms with Crippen LogP contribution in [0, 0.1) is 23.5 Å². The van der Waals surface area contributed by atoms with E-state index in [0.717, 1.165) is 0 Å². The molecule has 1 rings (SSSR count). The molecular formula is C10H10F4N2O2S. The van der Waals surface area contributed by atoms with Gasteiger partial charge in [-0.05, 0) is 0 Å². The Morgan fingerprint density at radius 3 is 2.26 bits per heavy atom. The van der Waals surface area contributed by atoms with Crippen molar-refractivity contribution in [3.05, 3.63) is 23.5 Å². The maximum absolute atomic E-state index is 13.2. The van der Waals surface area contributed by atoms with Gasteiger partial charge in [-0.3, -0.25) is 4.79 Å². The summed E-state index contributed by atoms with van der Waals surface area (Å²) in [6.07, 6.45) is 0. The van der Waals surface area contributed by atoms with E-state index in [4.69, 9.17) is 5.11 Å². The van der Waals surface area contributed by atoms with E-state index < -0.39 is 47.0 Å². The normalized spacial score (nSPS) is 12.3. The minimum Gasteiger partial charge on any atom is -0.394 e. The Morgan fingerprint density at radius 1 is 1.32 bits per heavy atom. The SMILES string of the molecule is CC(=O)NC(CO)CSc1c(F)c(F)nc(F)c1F. The zero-order chi connectivity index (χ0) is 14.6. The number of thioether (sulfide) groups is 1. The predicted octanol–water partition coefficient (Wildman–Crippen LogP) is 1.23. The number of carbonyl (C=O) groups is 1. The topological polar surface area (TPSA) is 62.2 Å². The average Bonchev–Trinajstić information content (AvgIpc) is 2.34. The number of hydrogen-bond acceptors (Lipinski definition) is 4. The number of aromatic nitrogens is 1. The second-order valence-corrected chi connectivity index (χ2v) is 4.57. The minimum atomic E-state index is -1.75. The van der Waals surface area contributed by atoms with Crippen LogP contribution in [0.25, 0.3) is 0 Å². The van der Waals surface area contributed by atoms with Crippen LogP contribution in [0.4, 0.5) is 17.6 Å². The van der Waals surface area contributed by atoms with Gasteiger partial charge in [0.2, 0.25) is 5.91 Å². The lowest BCUT2D eigenvalue weighted by atomic mass is 10.3. The Balaban J connectivity index is 2.85. The molecule has 0 aliphatic rings. The Bertz CT molecular complexity index is 461. The number of aliphatic hydroxyl groups excluding tert-OH is 1. The van der Waals surface area contributed by atoms with Crippen LogP contribution in [-0.4, -0.2) is 34.4 Å². The van der Waals surface area contributed by atoms with Crippen molar-refractivity contribution < 1.29 is 27.5 Å². The molecule has 9 heteroatoms. The van der Waals surface area contributed by atoms with Crippen LogP contribution >= 0.6 is 11.8 Å². The highest BCUT2D eigenvalue weighted by atomic mass is 32.2. The van der Waals surface area contributed by atoms with Gasteiger partial charge in [0.15, 0.2) is 11.6 Å². The number of hydrogen-bond donors (Lipinski definition) is 2. The van der Waals surface area contributed by atoms with Gasteiger partial charge in [0.05, 0.1) is 17.5 Å². The van der Waals surface area contributed by atoms with Crippen molar-refractivity contribution in [2.45, 2.75) is 17.9 Å². The summed E-state index contributed by atoms with van der Waals surface area (Å²) in [6.45, 7) is 0.714. The summed E-state index contributed by atoms with van der Waals surface area (Å²) < 4.78 is 52.1. The van der Waals surface area contributed by atoms with Gasteiger partial charge in [-0.1, -0.05) is 0 Å². The molecule has 1 aromatic rings. The highest BCUT2D eigenvalue weighted by Crippen LogP contribution is 2.27. The molecule has 4 nitrogen and oxygen atoms in total. The van der Waals surface area contributed by atoms with E-state index in [1.165, 1.54) is 6.92 Å². The summed E-state index contributed by atoms with van der Waals surface area (Å²) in [5.41, 5.74) is 0. The van der Waals surface area contributed by atoms with E-state index in [2.05, 4.69) is 10.3 Å². The second-order valence-electron chi connectivity index (χ2n) is 3.54. The van der Waals surface area contributed by atoms with Gasteiger partial charge in [0, 0.05) is 12.7 Å². The van der Waals surface area contributed by atoms with Gasteiger partial charge < -0.3 is 10.4 Å². The summed E-state index contributed by atoms with van der Waals surface area (Å²) in [6, 6.07) is -0.791. The maximum Gasteiger partial charge on any atom is 0.252 e. The number of pyridine rings is 1. The number of amides is 1. The summed E-state index contributed by atoms with van der Waals surface area (Å²) in [4.78, 5) is 12.3. The molecule has 0 spiro atoms. The number of aliphatic hydroxyl groups is 1. The molecule has 0 bridgehead atoms. The second kappa shape index (κ2) is 6.71. The van der Waals surface area contributed by atoms with Gasteiger partial charge in [0.1, 0.15) is 0 Å². The Labute approximate surface area is 110 Å². The Kier molecular flexibility index (Phi) is 5.55. The molecule has 0 aliphatic carbocycles. The van der Waals surface area contributed by atoms with Crippen molar-refractivity contribution in [3.8, 4) is 0 Å². The van der Waals surface area contributed by atoms with Crippen LogP contribution in [0.1, 0.15) is 6.92 Å². The Morgan fingerprint density at radius 2 is 1.84 bits per heavy atom. The van der Waals surface area contributed by atoms with Crippen LogP contribution in [0.5, 0.6) is 0 Å². The first-order valence-electron chi connectivity index (χ1n) is 5.07. The van der Waals surface area contributed by atoms with Crippen LogP contribution in [0.3, 0.4) is 0 Å². The van der Waals surface area contributed by atoms with Crippen LogP contribution in [0.2, 0.25) is 0 Å². The molecule has 106 valence electrons. The molecular weight excluding hydrogens is 288 g/mol. The average molecular weight is 298 g/mol. The van der Waals surface area contributed by atoms with E-state index >= 15 is 0 Å². The zero-order valence-corrected chi connectivity index (χ0v) is 10.5. The molecule has 2 N–H and O–H groups in total. The highest BCUT2D eigenvalue weighted by Gasteiger charge is 2.22. The van der Waals surface area contributed by atoms with E-state index in [0.29, 0.717) is 11.8 Å². The van der Waals surface area contributed by atoms with E-state index in [1.54, 1.807) is 0 Å². The fraction of sp³-hybridized carbons (Fsp3) is 0.400. The molecule has 1 unspecified atom stereocenters. The lowest BCUT2D eigenvalue weighted by Crippen LogP contribution is -2.37. The molecule has 19 heavy (non-hydrogen) atoms. The van der Waals surface area contributed by atoms with E-state index in [-0.39, 0.29) is 5.75 Å². The maximum atomic E-state index is 13.2. The van der Waals surface area contributed by atoms with Crippen molar-refractivity contribution in [3.63, 3.8) is 0 Å². The molecule has 0 aliphatic heterocycles. The summed E-state index contributed by atoms with van der Waals surface area (Å²) in [5, 5.41) is 11.2. The van der Waals surface area contributed by atoms with Crippen molar-refractivity contribution in [2.75, 3.05) is 12.4 Å². The number of halogens is 4. The van der Waals surface area contributed by atoms with Crippen LogP contribution < -0.4 is 5.32 Å². The predicted molar refractivity (Wildman–Crippen MR) is 59.5 cm³/mol. The molecule has 1 aromatic heterocycles. The minimum absolute atomic E-state index is 0.160. The molecule has 0 saturated carbocycles. The molecule has 0 aromatic carbocycles. The molecule has 0 radical (unpaired) electrons. The van der Waals surface area contributed by atoms with Gasteiger partial charge >= 0.3 is 0 Å². The summed E-state index contributed by atoms with van der Waals surface area (Å²) >= 11 is 0.432. The van der Waals surface area contributed by atoms with E-state index in [1.807, 2.05) is 0 Å². The monoisotopic (exact) mass is 298 g/mol. The van der Waals surface area contributed by atoms with Gasteiger partial charge in [-0.25, -0.2) is 8.78 Å². The van der Waals surface area contributed by atoms with Crippen molar-refractivity contribution in [1.82, 2.24) is 10.3 Å². The molecule has 0 saturated heterocycles. The van der Waals surface area contributed by atoms with E-state index in [9.17, 15) is 22.4 Å². The van der Waals surface area contributed by atoms with Gasteiger partial charge in [0.25, 0.3) is 11.9 Å². The third-order valence-electron chi connectivity index (χ3n) is 2.01. The molecule has 0 fully saturated rings. The smallest absolute Gasteiger partial charge is 0.252 e. The first kappa shape index (κ1) is 15.7. The first-order valence-corrected chi connectivity index (χ1v) is 6.06. The molecule has 1 atom stereocenters. The number of carbonyl (C=O) groups excluding carboxylic acids is 1. The molecule has 1 amide bonds. The lowest BCUT2D eigenvalue weighted by Gasteiger charge is -2.15. The largest absolute Gasteiger partial charge is 0.394 e. The van der Waals surface area contributed by atoms with Gasteiger partial charge in [-0.2, -0.15) is 13.8 Å². The van der Waals surface area contributed by atoms with Gasteiger partial charge in [-0.15, -0.1) is 11.8 Å². The van der Waals surface area contributed by atoms with Crippen molar-refractivity contribution >= 4 is 17.7 Å². The standard InChI is InChI=1S/C10H10F4N2O2S/c1-4(18)15-5(2-17)3-19-8-6(11)9(13)16-10(14)7(8)12/h5,17H,2-3H2,1H3,(H,15,18). The van der Waals surface area contributed by atoms with Crippen LogP contribution in [-0.2, 0) is 4.79 Å². The highest BCUT2D eigenvalue weighted by molar-refractivity contribution is 7.99. The third-order valence-corrected chi connectivity index (χ3v) is 3.23.